The van der Waals surface area contributed by atoms with Crippen molar-refractivity contribution in [2.45, 2.75) is 44.8 Å². The van der Waals surface area contributed by atoms with Crippen molar-refractivity contribution in [1.82, 2.24) is 4.90 Å². The van der Waals surface area contributed by atoms with Gasteiger partial charge < -0.3 is 4.74 Å². The molecule has 5 rings (SSSR count). The van der Waals surface area contributed by atoms with Crippen molar-refractivity contribution < 1.29 is 14.3 Å². The summed E-state index contributed by atoms with van der Waals surface area (Å²) in [5.74, 6) is -0.272. The maximum Gasteiger partial charge on any atom is 0.235 e. The van der Waals surface area contributed by atoms with Crippen LogP contribution in [-0.2, 0) is 26.3 Å². The zero-order valence-electron chi connectivity index (χ0n) is 22.6. The molecule has 0 N–H and O–H groups in total. The number of hydrogen-bond donors (Lipinski definition) is 0. The summed E-state index contributed by atoms with van der Waals surface area (Å²) in [4.78, 5) is 28.5. The van der Waals surface area contributed by atoms with Crippen LogP contribution in [0.15, 0.2) is 121 Å². The maximum absolute atomic E-state index is 13.5. The molecule has 1 fully saturated rings. The van der Waals surface area contributed by atoms with Gasteiger partial charge in [0.15, 0.2) is 0 Å². The van der Waals surface area contributed by atoms with E-state index in [1.54, 1.807) is 0 Å². The fraction of sp³-hybridized carbons (Fsp3) is 0.257. The molecule has 4 aromatic rings. The van der Waals surface area contributed by atoms with E-state index in [2.05, 4.69) is 36.4 Å². The van der Waals surface area contributed by atoms with Crippen molar-refractivity contribution in [2.24, 2.45) is 5.41 Å². The molecule has 1 aliphatic rings. The molecule has 2 amide bonds. The Morgan fingerprint density at radius 1 is 0.769 bits per heavy atom. The molecule has 1 atom stereocenters. The second-order valence-electron chi connectivity index (χ2n) is 10.9. The molecule has 0 unspecified atom stereocenters. The van der Waals surface area contributed by atoms with Gasteiger partial charge in [0.25, 0.3) is 0 Å². The first kappa shape index (κ1) is 26.6. The lowest BCUT2D eigenvalue weighted by Crippen LogP contribution is -2.44. The molecule has 1 saturated heterocycles. The number of carbonyl (C=O) groups is 2. The highest BCUT2D eigenvalue weighted by atomic mass is 16.5. The Morgan fingerprint density at radius 2 is 1.21 bits per heavy atom. The maximum atomic E-state index is 13.5. The largest absolute Gasteiger partial charge is 0.359 e. The summed E-state index contributed by atoms with van der Waals surface area (Å²) < 4.78 is 7.01. The van der Waals surface area contributed by atoms with Gasteiger partial charge in [0.05, 0.1) is 12.6 Å². The molecule has 4 nitrogen and oxygen atoms in total. The highest BCUT2D eigenvalue weighted by molar-refractivity contribution is 6.00. The third-order valence-electron chi connectivity index (χ3n) is 7.68. The van der Waals surface area contributed by atoms with Crippen LogP contribution in [0, 0.1) is 5.41 Å². The van der Waals surface area contributed by atoms with Crippen LogP contribution in [0.25, 0.3) is 0 Å². The number of ether oxygens (including phenoxy) is 1. The fourth-order valence-corrected chi connectivity index (χ4v) is 5.72. The third kappa shape index (κ3) is 5.43. The first-order valence-corrected chi connectivity index (χ1v) is 13.6. The van der Waals surface area contributed by atoms with Crippen molar-refractivity contribution in [1.29, 1.82) is 0 Å². The average Bonchev–Trinajstić information content (AvgIpc) is 3.22. The van der Waals surface area contributed by atoms with E-state index in [0.29, 0.717) is 12.8 Å². The lowest BCUT2D eigenvalue weighted by atomic mass is 9.80. The van der Waals surface area contributed by atoms with Gasteiger partial charge in [-0.25, -0.2) is 0 Å². The summed E-state index contributed by atoms with van der Waals surface area (Å²) in [7, 11) is 0. The lowest BCUT2D eigenvalue weighted by Gasteiger charge is -2.37. The highest BCUT2D eigenvalue weighted by Gasteiger charge is 2.49. The van der Waals surface area contributed by atoms with Crippen LogP contribution >= 0.6 is 0 Å². The van der Waals surface area contributed by atoms with E-state index in [1.807, 2.05) is 98.8 Å². The van der Waals surface area contributed by atoms with E-state index in [1.165, 1.54) is 4.90 Å². The predicted molar refractivity (Wildman–Crippen MR) is 154 cm³/mol. The Bertz CT molecular complexity index is 1290. The number of amides is 2. The molecule has 0 radical (unpaired) electrons. The molecule has 0 spiro atoms. The van der Waals surface area contributed by atoms with Gasteiger partial charge in [-0.2, -0.15) is 0 Å². The Labute approximate surface area is 231 Å². The molecule has 39 heavy (non-hydrogen) atoms. The Kier molecular flexibility index (Phi) is 7.76. The van der Waals surface area contributed by atoms with E-state index in [-0.39, 0.29) is 30.9 Å². The smallest absolute Gasteiger partial charge is 0.235 e. The van der Waals surface area contributed by atoms with Crippen LogP contribution < -0.4 is 0 Å². The van der Waals surface area contributed by atoms with Gasteiger partial charge in [0.2, 0.25) is 11.8 Å². The van der Waals surface area contributed by atoms with Gasteiger partial charge >= 0.3 is 0 Å². The number of aryl methyl sites for hydroxylation is 1. The van der Waals surface area contributed by atoms with Crippen LogP contribution in [0.4, 0.5) is 0 Å². The number of carbonyl (C=O) groups excluding carboxylic acids is 2. The number of nitrogens with zero attached hydrogens (tertiary/aromatic N) is 1. The number of hydrogen-bond acceptors (Lipinski definition) is 3. The van der Waals surface area contributed by atoms with Crippen molar-refractivity contribution in [3.05, 3.63) is 144 Å². The van der Waals surface area contributed by atoms with E-state index in [0.717, 1.165) is 22.3 Å². The molecule has 198 valence electrons. The first-order valence-electron chi connectivity index (χ1n) is 13.6. The Hall–Kier alpha value is -4.02. The second kappa shape index (κ2) is 11.4. The monoisotopic (exact) mass is 517 g/mol. The van der Waals surface area contributed by atoms with Crippen LogP contribution in [0.2, 0.25) is 0 Å². The minimum atomic E-state index is -0.904. The standard InChI is InChI=1S/C35H35NO3/c1-34(2)25-31(36(33(34)38)32(37)24-23-27-15-7-3-8-16-27)26-39-35(28-17-9-4-10-18-28,29-19-11-5-12-20-29)30-21-13-6-14-22-30/h3-22,31H,23-26H2,1-2H3/t31-/m0/s1. The van der Waals surface area contributed by atoms with Crippen molar-refractivity contribution in [2.75, 3.05) is 6.61 Å². The van der Waals surface area contributed by atoms with Crippen molar-refractivity contribution in [3.63, 3.8) is 0 Å². The predicted octanol–water partition coefficient (Wildman–Crippen LogP) is 6.78. The summed E-state index contributed by atoms with van der Waals surface area (Å²) in [6.45, 7) is 4.07. The fourth-order valence-electron chi connectivity index (χ4n) is 5.72. The van der Waals surface area contributed by atoms with Crippen molar-refractivity contribution >= 4 is 11.8 Å². The summed E-state index contributed by atoms with van der Waals surface area (Å²) in [6, 6.07) is 40.1. The van der Waals surface area contributed by atoms with Crippen molar-refractivity contribution in [3.8, 4) is 0 Å². The number of benzene rings is 4. The van der Waals surface area contributed by atoms with Gasteiger partial charge in [-0.05, 0) is 35.1 Å². The topological polar surface area (TPSA) is 46.6 Å². The minimum Gasteiger partial charge on any atom is -0.359 e. The van der Waals surface area contributed by atoms with Crippen LogP contribution in [-0.4, -0.2) is 29.4 Å². The van der Waals surface area contributed by atoms with Crippen LogP contribution in [0.1, 0.15) is 48.9 Å². The summed E-state index contributed by atoms with van der Waals surface area (Å²) in [5, 5.41) is 0. The molecular weight excluding hydrogens is 482 g/mol. The lowest BCUT2D eigenvalue weighted by molar-refractivity contribution is -0.148. The van der Waals surface area contributed by atoms with Gasteiger partial charge in [-0.1, -0.05) is 135 Å². The zero-order chi connectivity index (χ0) is 27.3. The quantitative estimate of drug-likeness (QED) is 0.230. The molecule has 1 aliphatic heterocycles. The van der Waals surface area contributed by atoms with E-state index < -0.39 is 11.0 Å². The number of imide groups is 1. The molecule has 0 bridgehead atoms. The normalized spacial score (nSPS) is 16.8. The molecule has 0 saturated carbocycles. The molecule has 1 heterocycles. The van der Waals surface area contributed by atoms with Crippen LogP contribution in [0.5, 0.6) is 0 Å². The molecule has 0 aromatic heterocycles. The molecule has 4 aromatic carbocycles. The number of likely N-dealkylation sites (tertiary alicyclic amines) is 1. The minimum absolute atomic E-state index is 0.126. The summed E-state index contributed by atoms with van der Waals surface area (Å²) in [5.41, 5.74) is 2.53. The Morgan fingerprint density at radius 3 is 1.67 bits per heavy atom. The first-order chi connectivity index (χ1) is 18.9. The summed E-state index contributed by atoms with van der Waals surface area (Å²) >= 11 is 0. The molecular formula is C35H35NO3. The van der Waals surface area contributed by atoms with Gasteiger partial charge in [-0.3, -0.25) is 14.5 Å². The highest BCUT2D eigenvalue weighted by Crippen LogP contribution is 2.42. The van der Waals surface area contributed by atoms with Gasteiger partial charge in [0, 0.05) is 11.8 Å². The van der Waals surface area contributed by atoms with E-state index in [4.69, 9.17) is 4.74 Å². The molecule has 4 heteroatoms. The van der Waals surface area contributed by atoms with Crippen LogP contribution in [0.3, 0.4) is 0 Å². The van der Waals surface area contributed by atoms with E-state index in [9.17, 15) is 9.59 Å². The Balaban J connectivity index is 1.49. The second-order valence-corrected chi connectivity index (χ2v) is 10.9. The SMILES string of the molecule is CC1(C)C[C@@H](COC(c2ccccc2)(c2ccccc2)c2ccccc2)N(C(=O)CCc2ccccc2)C1=O. The zero-order valence-corrected chi connectivity index (χ0v) is 22.6. The van der Waals surface area contributed by atoms with Gasteiger partial charge in [-0.15, -0.1) is 0 Å². The van der Waals surface area contributed by atoms with E-state index >= 15 is 0 Å². The summed E-state index contributed by atoms with van der Waals surface area (Å²) in [6.07, 6.45) is 1.43. The third-order valence-corrected chi connectivity index (χ3v) is 7.68. The molecule has 0 aliphatic carbocycles. The average molecular weight is 518 g/mol. The van der Waals surface area contributed by atoms with Gasteiger partial charge in [0.1, 0.15) is 5.60 Å². The number of rotatable bonds is 9.